The molecule has 4 rings (SSSR count). The third-order valence-electron chi connectivity index (χ3n) is 4.29. The van der Waals surface area contributed by atoms with E-state index in [2.05, 4.69) is 10.3 Å². The molecule has 3 aromatic rings. The average molecular weight is 398 g/mol. The molecule has 0 saturated carbocycles. The monoisotopic (exact) mass is 398 g/mol. The van der Waals surface area contributed by atoms with E-state index in [4.69, 9.17) is 4.42 Å². The highest BCUT2D eigenvalue weighted by Crippen LogP contribution is 2.29. The van der Waals surface area contributed by atoms with Crippen molar-refractivity contribution in [2.24, 2.45) is 0 Å². The number of nitrogens with one attached hydrogen (secondary N) is 1. The molecule has 0 bridgehead atoms. The molecule has 0 saturated heterocycles. The molecule has 1 aliphatic rings. The van der Waals surface area contributed by atoms with Gasteiger partial charge in [0.2, 0.25) is 0 Å². The maximum atomic E-state index is 12.7. The number of carbonyl (C=O) groups excluding carboxylic acids is 2. The van der Waals surface area contributed by atoms with E-state index in [1.807, 2.05) is 0 Å². The van der Waals surface area contributed by atoms with Crippen LogP contribution in [0.4, 0.5) is 10.8 Å². The van der Waals surface area contributed by atoms with Crippen molar-refractivity contribution in [3.05, 3.63) is 74.7 Å². The van der Waals surface area contributed by atoms with Gasteiger partial charge in [0.05, 0.1) is 23.4 Å². The summed E-state index contributed by atoms with van der Waals surface area (Å²) in [7, 11) is 0. The Morgan fingerprint density at radius 2 is 2.14 bits per heavy atom. The van der Waals surface area contributed by atoms with Crippen molar-refractivity contribution in [2.75, 3.05) is 11.9 Å². The summed E-state index contributed by atoms with van der Waals surface area (Å²) >= 11 is 1.30. The summed E-state index contributed by atoms with van der Waals surface area (Å²) in [6, 6.07) is 8.87. The maximum Gasteiger partial charge on any atom is 0.293 e. The van der Waals surface area contributed by atoms with Crippen LogP contribution in [0, 0.1) is 10.1 Å². The Morgan fingerprint density at radius 1 is 1.29 bits per heavy atom. The molecule has 28 heavy (non-hydrogen) atoms. The molecule has 1 aliphatic heterocycles. The van der Waals surface area contributed by atoms with Gasteiger partial charge in [0, 0.05) is 35.5 Å². The fourth-order valence-corrected chi connectivity index (χ4v) is 3.94. The van der Waals surface area contributed by atoms with Crippen molar-refractivity contribution >= 4 is 34.0 Å². The predicted molar refractivity (Wildman–Crippen MR) is 100 cm³/mol. The van der Waals surface area contributed by atoms with Crippen LogP contribution in [0.15, 0.2) is 47.1 Å². The number of aromatic nitrogens is 1. The summed E-state index contributed by atoms with van der Waals surface area (Å²) in [5.41, 5.74) is 0.987. The SMILES string of the molecule is O=C(Nc1nc2c(s1)CN(C(=O)c1cccc([N+](=O)[O-])c1)CC2)c1ccco1. The topological polar surface area (TPSA) is 119 Å². The number of nitrogens with zero attached hydrogens (tertiary/aromatic N) is 3. The highest BCUT2D eigenvalue weighted by atomic mass is 32.1. The lowest BCUT2D eigenvalue weighted by molar-refractivity contribution is -0.384. The lowest BCUT2D eigenvalue weighted by Gasteiger charge is -2.26. The molecule has 0 fully saturated rings. The van der Waals surface area contributed by atoms with Gasteiger partial charge in [-0.1, -0.05) is 17.4 Å². The van der Waals surface area contributed by atoms with Gasteiger partial charge in [-0.3, -0.25) is 25.0 Å². The van der Waals surface area contributed by atoms with Crippen molar-refractivity contribution in [2.45, 2.75) is 13.0 Å². The van der Waals surface area contributed by atoms with Crippen molar-refractivity contribution in [1.29, 1.82) is 0 Å². The Labute approximate surface area is 162 Å². The quantitative estimate of drug-likeness (QED) is 0.533. The number of carbonyl (C=O) groups is 2. The molecule has 10 heteroatoms. The first kappa shape index (κ1) is 17.9. The number of nitro benzene ring substituents is 1. The number of benzene rings is 1. The first-order valence-electron chi connectivity index (χ1n) is 8.38. The minimum atomic E-state index is -0.526. The minimum Gasteiger partial charge on any atom is -0.459 e. The van der Waals surface area contributed by atoms with Crippen LogP contribution in [-0.4, -0.2) is 33.2 Å². The van der Waals surface area contributed by atoms with Gasteiger partial charge in [0.1, 0.15) is 0 Å². The molecule has 0 radical (unpaired) electrons. The van der Waals surface area contributed by atoms with E-state index in [0.29, 0.717) is 24.6 Å². The number of hydrogen-bond donors (Lipinski definition) is 1. The molecule has 0 aliphatic carbocycles. The molecule has 0 unspecified atom stereocenters. The van der Waals surface area contributed by atoms with Crippen molar-refractivity contribution in [3.8, 4) is 0 Å². The zero-order chi connectivity index (χ0) is 19.7. The van der Waals surface area contributed by atoms with Crippen molar-refractivity contribution in [1.82, 2.24) is 9.88 Å². The van der Waals surface area contributed by atoms with Gasteiger partial charge in [-0.05, 0) is 18.2 Å². The first-order valence-corrected chi connectivity index (χ1v) is 9.20. The van der Waals surface area contributed by atoms with Crippen LogP contribution in [0.2, 0.25) is 0 Å². The maximum absolute atomic E-state index is 12.7. The summed E-state index contributed by atoms with van der Waals surface area (Å²) in [4.78, 5) is 42.1. The summed E-state index contributed by atoms with van der Waals surface area (Å²) in [6.07, 6.45) is 1.96. The predicted octanol–water partition coefficient (Wildman–Crippen LogP) is 3.10. The molecule has 0 spiro atoms. The van der Waals surface area contributed by atoms with E-state index >= 15 is 0 Å². The Morgan fingerprint density at radius 3 is 2.89 bits per heavy atom. The summed E-state index contributed by atoms with van der Waals surface area (Å²) in [5.74, 6) is -0.472. The highest BCUT2D eigenvalue weighted by Gasteiger charge is 2.26. The van der Waals surface area contributed by atoms with Crippen molar-refractivity contribution < 1.29 is 18.9 Å². The van der Waals surface area contributed by atoms with Crippen LogP contribution in [0.3, 0.4) is 0 Å². The molecular weight excluding hydrogens is 384 g/mol. The minimum absolute atomic E-state index is 0.121. The number of fused-ring (bicyclic) bond motifs is 1. The fraction of sp³-hybridized carbons (Fsp3) is 0.167. The van der Waals surface area contributed by atoms with Crippen LogP contribution in [0.5, 0.6) is 0 Å². The second-order valence-electron chi connectivity index (χ2n) is 6.10. The smallest absolute Gasteiger partial charge is 0.293 e. The van der Waals surface area contributed by atoms with E-state index in [9.17, 15) is 19.7 Å². The number of thiazole rings is 1. The van der Waals surface area contributed by atoms with Crippen LogP contribution in [0.1, 0.15) is 31.5 Å². The lowest BCUT2D eigenvalue weighted by atomic mass is 10.1. The zero-order valence-corrected chi connectivity index (χ0v) is 15.3. The second-order valence-corrected chi connectivity index (χ2v) is 7.19. The molecular formula is C18H14N4O5S. The van der Waals surface area contributed by atoms with Gasteiger partial charge in [-0.15, -0.1) is 0 Å². The summed E-state index contributed by atoms with van der Waals surface area (Å²) < 4.78 is 5.06. The molecule has 3 heterocycles. The van der Waals surface area contributed by atoms with Gasteiger partial charge in [-0.25, -0.2) is 4.98 Å². The molecule has 1 N–H and O–H groups in total. The number of non-ortho nitro benzene ring substituents is 1. The molecule has 9 nitrogen and oxygen atoms in total. The van der Waals surface area contributed by atoms with Crippen LogP contribution in [-0.2, 0) is 13.0 Å². The van der Waals surface area contributed by atoms with Gasteiger partial charge in [0.25, 0.3) is 17.5 Å². The molecule has 0 atom stereocenters. The zero-order valence-electron chi connectivity index (χ0n) is 14.5. The number of hydrogen-bond acceptors (Lipinski definition) is 7. The molecule has 2 amide bonds. The summed E-state index contributed by atoms with van der Waals surface area (Å²) in [6.45, 7) is 0.787. The Kier molecular flexibility index (Phi) is 4.62. The van der Waals surface area contributed by atoms with Gasteiger partial charge < -0.3 is 9.32 Å². The Hall–Kier alpha value is -3.53. The lowest BCUT2D eigenvalue weighted by Crippen LogP contribution is -2.35. The summed E-state index contributed by atoms with van der Waals surface area (Å²) in [5, 5.41) is 14.1. The average Bonchev–Trinajstić information content (AvgIpc) is 3.36. The van der Waals surface area contributed by atoms with Crippen molar-refractivity contribution in [3.63, 3.8) is 0 Å². The Balaban J connectivity index is 1.48. The van der Waals surface area contributed by atoms with E-state index < -0.39 is 4.92 Å². The second kappa shape index (κ2) is 7.24. The normalized spacial score (nSPS) is 13.1. The standard InChI is InChI=1S/C18H14N4O5S/c23-16(14-5-2-8-27-14)20-18-19-13-6-7-21(10-15(13)28-18)17(24)11-3-1-4-12(9-11)22(25)26/h1-5,8-9H,6-7,10H2,(H,19,20,23). The van der Waals surface area contributed by atoms with Gasteiger partial charge in [0.15, 0.2) is 10.9 Å². The largest absolute Gasteiger partial charge is 0.459 e. The Bertz CT molecular complexity index is 1060. The number of furan rings is 1. The molecule has 2 aromatic heterocycles. The molecule has 142 valence electrons. The first-order chi connectivity index (χ1) is 13.5. The molecule has 1 aromatic carbocycles. The van der Waals surface area contributed by atoms with Gasteiger partial charge in [-0.2, -0.15) is 0 Å². The van der Waals surface area contributed by atoms with E-state index in [1.54, 1.807) is 23.1 Å². The van der Waals surface area contributed by atoms with Crippen LogP contribution in [0.25, 0.3) is 0 Å². The van der Waals surface area contributed by atoms with Crippen LogP contribution < -0.4 is 5.32 Å². The third-order valence-corrected chi connectivity index (χ3v) is 5.29. The number of rotatable bonds is 4. The van der Waals surface area contributed by atoms with Gasteiger partial charge >= 0.3 is 0 Å². The number of nitro groups is 1. The van der Waals surface area contributed by atoms with E-state index in [0.717, 1.165) is 10.6 Å². The number of anilines is 1. The number of amides is 2. The van der Waals surface area contributed by atoms with E-state index in [1.165, 1.54) is 35.8 Å². The fourth-order valence-electron chi connectivity index (χ4n) is 2.92. The van der Waals surface area contributed by atoms with Crippen LogP contribution >= 0.6 is 11.3 Å². The third kappa shape index (κ3) is 3.49. The van der Waals surface area contributed by atoms with E-state index in [-0.39, 0.29) is 28.8 Å². The highest BCUT2D eigenvalue weighted by molar-refractivity contribution is 7.15.